The number of hydrogen-bond donors (Lipinski definition) is 1. The molecule has 0 radical (unpaired) electrons. The van der Waals surface area contributed by atoms with Crippen molar-refractivity contribution in [3.63, 3.8) is 0 Å². The van der Waals surface area contributed by atoms with Crippen LogP contribution < -0.4 is 5.32 Å². The number of benzene rings is 1. The van der Waals surface area contributed by atoms with E-state index >= 15 is 0 Å². The van der Waals surface area contributed by atoms with Gasteiger partial charge in [0, 0.05) is 38.4 Å². The number of nitrogens with zero attached hydrogens (tertiary/aromatic N) is 4. The summed E-state index contributed by atoms with van der Waals surface area (Å²) in [5.74, 6) is 0.916. The number of rotatable bonds is 5. The van der Waals surface area contributed by atoms with Crippen molar-refractivity contribution in [1.82, 2.24) is 20.0 Å². The molecule has 5 heteroatoms. The minimum Gasteiger partial charge on any atom is -0.357 e. The van der Waals surface area contributed by atoms with Crippen molar-refractivity contribution in [3.05, 3.63) is 52.8 Å². The second-order valence-corrected chi connectivity index (χ2v) is 5.78. The molecule has 0 fully saturated rings. The zero-order chi connectivity index (χ0) is 16.8. The topological polar surface area (TPSA) is 45.5 Å². The van der Waals surface area contributed by atoms with Crippen LogP contribution in [0, 0.1) is 13.8 Å². The van der Waals surface area contributed by atoms with Crippen LogP contribution in [-0.2, 0) is 20.1 Å². The van der Waals surface area contributed by atoms with Gasteiger partial charge in [0.25, 0.3) is 0 Å². The second kappa shape index (κ2) is 7.81. The fraction of sp³-hybridized carbons (Fsp3) is 0.444. The maximum Gasteiger partial charge on any atom is 0.194 e. The van der Waals surface area contributed by atoms with Gasteiger partial charge in [0.2, 0.25) is 0 Å². The first-order chi connectivity index (χ1) is 11.0. The Balaban J connectivity index is 2.13. The predicted octanol–water partition coefficient (Wildman–Crippen LogP) is 2.63. The smallest absolute Gasteiger partial charge is 0.194 e. The lowest BCUT2D eigenvalue weighted by atomic mass is 10.2. The van der Waals surface area contributed by atoms with E-state index in [9.17, 15) is 0 Å². The van der Waals surface area contributed by atoms with E-state index in [-0.39, 0.29) is 0 Å². The first kappa shape index (κ1) is 17.1. The number of aromatic nitrogens is 2. The molecule has 2 aromatic rings. The van der Waals surface area contributed by atoms with Crippen molar-refractivity contribution < 1.29 is 0 Å². The Labute approximate surface area is 139 Å². The molecule has 0 saturated heterocycles. The Morgan fingerprint density at radius 3 is 2.52 bits per heavy atom. The molecular formula is C18H27N5. The van der Waals surface area contributed by atoms with E-state index in [1.54, 1.807) is 0 Å². The van der Waals surface area contributed by atoms with Gasteiger partial charge in [-0.2, -0.15) is 5.10 Å². The fourth-order valence-electron chi connectivity index (χ4n) is 2.60. The summed E-state index contributed by atoms with van der Waals surface area (Å²) in [6, 6.07) is 10.4. The van der Waals surface area contributed by atoms with Crippen LogP contribution in [-0.4, -0.2) is 34.2 Å². The zero-order valence-electron chi connectivity index (χ0n) is 14.8. The highest BCUT2D eigenvalue weighted by Crippen LogP contribution is 2.13. The lowest BCUT2D eigenvalue weighted by Gasteiger charge is -2.22. The summed E-state index contributed by atoms with van der Waals surface area (Å²) in [6.07, 6.45) is 0. The minimum atomic E-state index is 0.646. The molecule has 0 saturated carbocycles. The molecule has 1 aromatic carbocycles. The molecule has 0 atom stereocenters. The molecule has 0 aliphatic heterocycles. The van der Waals surface area contributed by atoms with Crippen LogP contribution in [0.1, 0.15) is 29.4 Å². The lowest BCUT2D eigenvalue weighted by Crippen LogP contribution is -2.38. The van der Waals surface area contributed by atoms with Crippen molar-refractivity contribution in [3.8, 4) is 0 Å². The van der Waals surface area contributed by atoms with E-state index < -0.39 is 0 Å². The molecule has 0 aliphatic carbocycles. The van der Waals surface area contributed by atoms with Gasteiger partial charge in [-0.1, -0.05) is 30.3 Å². The van der Waals surface area contributed by atoms with Crippen molar-refractivity contribution in [2.75, 3.05) is 13.6 Å². The van der Waals surface area contributed by atoms with Gasteiger partial charge in [0.05, 0.1) is 12.2 Å². The number of aliphatic imine (C=N–C) groups is 1. The standard InChI is InChI=1S/C18H27N5/c1-6-19-18(22(4)13-16-10-8-7-9-11-16)20-12-17-14(2)21-23(5)15(17)3/h7-11H,6,12-13H2,1-5H3,(H,19,20). The maximum absolute atomic E-state index is 4.79. The van der Waals surface area contributed by atoms with Gasteiger partial charge in [-0.3, -0.25) is 4.68 Å². The van der Waals surface area contributed by atoms with E-state index in [0.29, 0.717) is 6.54 Å². The SMILES string of the molecule is CCNC(=NCc1c(C)nn(C)c1C)N(C)Cc1ccccc1. The van der Waals surface area contributed by atoms with Crippen LogP contribution in [0.5, 0.6) is 0 Å². The third-order valence-corrected chi connectivity index (χ3v) is 4.00. The third kappa shape index (κ3) is 4.34. The van der Waals surface area contributed by atoms with Crippen molar-refractivity contribution >= 4 is 5.96 Å². The molecule has 0 unspecified atom stereocenters. The molecular weight excluding hydrogens is 286 g/mol. The van der Waals surface area contributed by atoms with Gasteiger partial charge in [-0.05, 0) is 26.3 Å². The summed E-state index contributed by atoms with van der Waals surface area (Å²) >= 11 is 0. The Hall–Kier alpha value is -2.30. The summed E-state index contributed by atoms with van der Waals surface area (Å²) in [4.78, 5) is 6.95. The summed E-state index contributed by atoms with van der Waals surface area (Å²) in [5, 5.41) is 7.83. The van der Waals surface area contributed by atoms with Gasteiger partial charge in [0.15, 0.2) is 5.96 Å². The molecule has 0 aliphatic rings. The largest absolute Gasteiger partial charge is 0.357 e. The van der Waals surface area contributed by atoms with E-state index in [4.69, 9.17) is 4.99 Å². The highest BCUT2D eigenvalue weighted by Gasteiger charge is 2.11. The Morgan fingerprint density at radius 1 is 1.26 bits per heavy atom. The van der Waals surface area contributed by atoms with E-state index in [0.717, 1.165) is 24.7 Å². The quantitative estimate of drug-likeness (QED) is 0.682. The highest BCUT2D eigenvalue weighted by molar-refractivity contribution is 5.79. The summed E-state index contributed by atoms with van der Waals surface area (Å²) in [5.41, 5.74) is 4.70. The Bertz CT molecular complexity index is 658. The van der Waals surface area contributed by atoms with Crippen LogP contribution in [0.15, 0.2) is 35.3 Å². The molecule has 0 amide bonds. The van der Waals surface area contributed by atoms with Crippen LogP contribution in [0.4, 0.5) is 0 Å². The number of hydrogen-bond acceptors (Lipinski definition) is 2. The van der Waals surface area contributed by atoms with Crippen molar-refractivity contribution in [2.24, 2.45) is 12.0 Å². The van der Waals surface area contributed by atoms with Crippen LogP contribution in [0.3, 0.4) is 0 Å². The second-order valence-electron chi connectivity index (χ2n) is 5.78. The number of guanidine groups is 1. The monoisotopic (exact) mass is 313 g/mol. The molecule has 5 nitrogen and oxygen atoms in total. The Kier molecular flexibility index (Phi) is 5.79. The minimum absolute atomic E-state index is 0.646. The number of nitrogens with one attached hydrogen (secondary N) is 1. The van der Waals surface area contributed by atoms with E-state index in [1.807, 2.05) is 24.7 Å². The first-order valence-corrected chi connectivity index (χ1v) is 8.05. The third-order valence-electron chi connectivity index (χ3n) is 4.00. The molecule has 2 rings (SSSR count). The first-order valence-electron chi connectivity index (χ1n) is 8.05. The van der Waals surface area contributed by atoms with Gasteiger partial charge in [0.1, 0.15) is 0 Å². The molecule has 1 N–H and O–H groups in total. The van der Waals surface area contributed by atoms with Crippen LogP contribution in [0.2, 0.25) is 0 Å². The molecule has 1 aromatic heterocycles. The number of aryl methyl sites for hydroxylation is 2. The van der Waals surface area contributed by atoms with Crippen molar-refractivity contribution in [1.29, 1.82) is 0 Å². The van der Waals surface area contributed by atoms with Gasteiger partial charge < -0.3 is 10.2 Å². The molecule has 124 valence electrons. The fourth-order valence-corrected chi connectivity index (χ4v) is 2.60. The van der Waals surface area contributed by atoms with E-state index in [1.165, 1.54) is 16.8 Å². The maximum atomic E-state index is 4.79. The molecule has 1 heterocycles. The molecule has 0 spiro atoms. The lowest BCUT2D eigenvalue weighted by molar-refractivity contribution is 0.476. The zero-order valence-corrected chi connectivity index (χ0v) is 14.8. The predicted molar refractivity (Wildman–Crippen MR) is 95.4 cm³/mol. The normalized spacial score (nSPS) is 11.6. The highest BCUT2D eigenvalue weighted by atomic mass is 15.3. The van der Waals surface area contributed by atoms with Crippen LogP contribution in [0.25, 0.3) is 0 Å². The van der Waals surface area contributed by atoms with Crippen LogP contribution >= 0.6 is 0 Å². The van der Waals surface area contributed by atoms with Crippen molar-refractivity contribution in [2.45, 2.75) is 33.9 Å². The van der Waals surface area contributed by atoms with E-state index in [2.05, 4.69) is 60.5 Å². The molecule has 23 heavy (non-hydrogen) atoms. The summed E-state index contributed by atoms with van der Waals surface area (Å²) < 4.78 is 1.92. The average molecular weight is 313 g/mol. The summed E-state index contributed by atoms with van der Waals surface area (Å²) in [6.45, 7) is 8.55. The Morgan fingerprint density at radius 2 is 1.96 bits per heavy atom. The van der Waals surface area contributed by atoms with Gasteiger partial charge in [-0.15, -0.1) is 0 Å². The molecule has 0 bridgehead atoms. The van der Waals surface area contributed by atoms with Gasteiger partial charge >= 0.3 is 0 Å². The summed E-state index contributed by atoms with van der Waals surface area (Å²) in [7, 11) is 4.04. The van der Waals surface area contributed by atoms with Gasteiger partial charge in [-0.25, -0.2) is 4.99 Å². The average Bonchev–Trinajstić information content (AvgIpc) is 2.77.